The van der Waals surface area contributed by atoms with E-state index in [1.54, 1.807) is 12.1 Å². The van der Waals surface area contributed by atoms with E-state index in [1.807, 2.05) is 0 Å². The summed E-state index contributed by atoms with van der Waals surface area (Å²) in [5, 5.41) is 0.362. The van der Waals surface area contributed by atoms with Gasteiger partial charge >= 0.3 is 0 Å². The van der Waals surface area contributed by atoms with Crippen LogP contribution in [0, 0.1) is 11.2 Å². The van der Waals surface area contributed by atoms with Gasteiger partial charge in [0.2, 0.25) is 0 Å². The summed E-state index contributed by atoms with van der Waals surface area (Å²) in [6, 6.07) is 4.67. The lowest BCUT2D eigenvalue weighted by Gasteiger charge is -2.51. The number of benzene rings is 1. The molecular weight excluding hydrogens is 319 g/mol. The van der Waals surface area contributed by atoms with Gasteiger partial charge in [0.15, 0.2) is 11.6 Å². The predicted octanol–water partition coefficient (Wildman–Crippen LogP) is 4.95. The fourth-order valence-corrected chi connectivity index (χ4v) is 4.57. The molecule has 0 aliphatic heterocycles. The minimum atomic E-state index is -0.367. The van der Waals surface area contributed by atoms with Gasteiger partial charge in [-0.15, -0.1) is 0 Å². The summed E-state index contributed by atoms with van der Waals surface area (Å²) in [4.78, 5) is 0.503. The molecule has 0 aromatic heterocycles. The molecule has 0 amide bonds. The fraction of sp³-hybridized carbons (Fsp3) is 0.571. The van der Waals surface area contributed by atoms with Gasteiger partial charge in [-0.2, -0.15) is 0 Å². The monoisotopic (exact) mass is 332 g/mol. The smallest absolute Gasteiger partial charge is 0.173 e. The summed E-state index contributed by atoms with van der Waals surface area (Å²) < 4.78 is 19.6. The zero-order valence-electron chi connectivity index (χ0n) is 9.96. The quantitative estimate of drug-likeness (QED) is 0.696. The van der Waals surface area contributed by atoms with E-state index >= 15 is 0 Å². The largest absolute Gasteiger partial charge is 0.485 e. The molecule has 2 saturated carbocycles. The molecule has 98 valence electrons. The maximum absolute atomic E-state index is 13.7. The van der Waals surface area contributed by atoms with Crippen LogP contribution in [-0.4, -0.2) is 10.9 Å². The SMILES string of the molecule is Fc1cccc(Cl)c1OC1CC(Br)C12CCCC2. The van der Waals surface area contributed by atoms with Crippen LogP contribution in [0.2, 0.25) is 5.02 Å². The number of alkyl halides is 1. The van der Waals surface area contributed by atoms with Crippen molar-refractivity contribution in [1.82, 2.24) is 0 Å². The first-order valence-corrected chi connectivity index (χ1v) is 7.67. The van der Waals surface area contributed by atoms with Crippen LogP contribution in [0.1, 0.15) is 32.1 Å². The highest BCUT2D eigenvalue weighted by atomic mass is 79.9. The van der Waals surface area contributed by atoms with Crippen molar-refractivity contribution >= 4 is 27.5 Å². The maximum Gasteiger partial charge on any atom is 0.173 e. The van der Waals surface area contributed by atoms with Gasteiger partial charge in [0.25, 0.3) is 0 Å². The van der Waals surface area contributed by atoms with Crippen molar-refractivity contribution in [3.05, 3.63) is 29.0 Å². The lowest BCUT2D eigenvalue weighted by Crippen LogP contribution is -2.55. The van der Waals surface area contributed by atoms with Crippen molar-refractivity contribution in [1.29, 1.82) is 0 Å². The zero-order valence-corrected chi connectivity index (χ0v) is 12.3. The third-order valence-electron chi connectivity index (χ3n) is 4.40. The second kappa shape index (κ2) is 4.68. The summed E-state index contributed by atoms with van der Waals surface area (Å²) in [5.41, 5.74) is 0.200. The van der Waals surface area contributed by atoms with Crippen LogP contribution in [0.5, 0.6) is 5.75 Å². The normalized spacial score (nSPS) is 29.3. The number of ether oxygens (including phenoxy) is 1. The van der Waals surface area contributed by atoms with Gasteiger partial charge in [0, 0.05) is 10.2 Å². The predicted molar refractivity (Wildman–Crippen MR) is 74.1 cm³/mol. The highest BCUT2D eigenvalue weighted by Crippen LogP contribution is 2.58. The number of para-hydroxylation sites is 1. The van der Waals surface area contributed by atoms with Crippen molar-refractivity contribution in [3.63, 3.8) is 0 Å². The van der Waals surface area contributed by atoms with E-state index in [0.717, 1.165) is 6.42 Å². The second-order valence-electron chi connectivity index (χ2n) is 5.30. The van der Waals surface area contributed by atoms with E-state index in [2.05, 4.69) is 15.9 Å². The number of halogens is 3. The molecule has 1 nitrogen and oxygen atoms in total. The Hall–Kier alpha value is -0.280. The van der Waals surface area contributed by atoms with Gasteiger partial charge in [-0.1, -0.05) is 46.4 Å². The molecule has 3 rings (SSSR count). The van der Waals surface area contributed by atoms with Crippen molar-refractivity contribution < 1.29 is 9.13 Å². The average Bonchev–Trinajstić information content (AvgIpc) is 2.84. The average molecular weight is 334 g/mol. The van der Waals surface area contributed by atoms with Crippen molar-refractivity contribution in [2.45, 2.75) is 43.0 Å². The van der Waals surface area contributed by atoms with Gasteiger partial charge in [0.1, 0.15) is 6.10 Å². The van der Waals surface area contributed by atoms with Crippen LogP contribution in [0.4, 0.5) is 4.39 Å². The Kier molecular flexibility index (Phi) is 3.31. The molecule has 18 heavy (non-hydrogen) atoms. The lowest BCUT2D eigenvalue weighted by molar-refractivity contribution is -0.0323. The van der Waals surface area contributed by atoms with E-state index in [9.17, 15) is 4.39 Å². The first kappa shape index (κ1) is 12.7. The molecule has 2 aliphatic carbocycles. The van der Waals surface area contributed by atoms with Crippen LogP contribution in [0.15, 0.2) is 18.2 Å². The number of rotatable bonds is 2. The van der Waals surface area contributed by atoms with Gasteiger partial charge in [-0.25, -0.2) is 4.39 Å². The third-order valence-corrected chi connectivity index (χ3v) is 5.98. The van der Waals surface area contributed by atoms with Crippen LogP contribution < -0.4 is 4.74 Å². The van der Waals surface area contributed by atoms with E-state index in [1.165, 1.54) is 31.7 Å². The maximum atomic E-state index is 13.7. The molecule has 2 atom stereocenters. The van der Waals surface area contributed by atoms with Crippen molar-refractivity contribution in [2.75, 3.05) is 0 Å². The highest BCUT2D eigenvalue weighted by Gasteiger charge is 2.56. The summed E-state index contributed by atoms with van der Waals surface area (Å²) in [5.74, 6) is -0.150. The zero-order chi connectivity index (χ0) is 12.8. The molecule has 2 unspecified atom stereocenters. The molecule has 2 fully saturated rings. The van der Waals surface area contributed by atoms with Gasteiger partial charge in [-0.05, 0) is 31.4 Å². The molecule has 0 radical (unpaired) electrons. The molecule has 1 aromatic rings. The Morgan fingerprint density at radius 3 is 2.67 bits per heavy atom. The summed E-state index contributed by atoms with van der Waals surface area (Å²) >= 11 is 9.74. The Bertz CT molecular complexity index is 439. The Balaban J connectivity index is 1.81. The number of hydrogen-bond donors (Lipinski definition) is 0. The van der Waals surface area contributed by atoms with Crippen LogP contribution >= 0.6 is 27.5 Å². The topological polar surface area (TPSA) is 9.23 Å². The lowest BCUT2D eigenvalue weighted by atomic mass is 9.64. The van der Waals surface area contributed by atoms with E-state index in [-0.39, 0.29) is 23.1 Å². The van der Waals surface area contributed by atoms with E-state index in [0.29, 0.717) is 9.85 Å². The Morgan fingerprint density at radius 1 is 1.33 bits per heavy atom. The standard InChI is InChI=1S/C14H15BrClFO/c15-11-8-12(14(11)6-1-2-7-14)18-13-9(16)4-3-5-10(13)17/h3-5,11-12H,1-2,6-8H2. The summed E-state index contributed by atoms with van der Waals surface area (Å²) in [6.07, 6.45) is 5.85. The van der Waals surface area contributed by atoms with E-state index in [4.69, 9.17) is 16.3 Å². The second-order valence-corrected chi connectivity index (χ2v) is 6.81. The van der Waals surface area contributed by atoms with Crippen molar-refractivity contribution in [3.8, 4) is 5.75 Å². The van der Waals surface area contributed by atoms with Gasteiger partial charge in [0.05, 0.1) is 5.02 Å². The van der Waals surface area contributed by atoms with Gasteiger partial charge in [-0.3, -0.25) is 0 Å². The molecule has 0 heterocycles. The molecule has 0 bridgehead atoms. The molecule has 2 aliphatic rings. The highest BCUT2D eigenvalue weighted by molar-refractivity contribution is 9.09. The molecule has 4 heteroatoms. The van der Waals surface area contributed by atoms with Gasteiger partial charge < -0.3 is 4.74 Å². The van der Waals surface area contributed by atoms with Crippen LogP contribution in [0.25, 0.3) is 0 Å². The first-order chi connectivity index (χ1) is 8.63. The summed E-state index contributed by atoms with van der Waals surface area (Å²) in [7, 11) is 0. The van der Waals surface area contributed by atoms with Crippen molar-refractivity contribution in [2.24, 2.45) is 5.41 Å². The molecule has 1 aromatic carbocycles. The van der Waals surface area contributed by atoms with E-state index < -0.39 is 0 Å². The summed E-state index contributed by atoms with van der Waals surface area (Å²) in [6.45, 7) is 0. The molecule has 0 N–H and O–H groups in total. The third kappa shape index (κ3) is 1.87. The molecular formula is C14H15BrClFO. The first-order valence-electron chi connectivity index (χ1n) is 6.38. The minimum absolute atomic E-state index is 0.0961. The Morgan fingerprint density at radius 2 is 2.06 bits per heavy atom. The minimum Gasteiger partial charge on any atom is -0.485 e. The molecule has 1 spiro atoms. The van der Waals surface area contributed by atoms with Crippen LogP contribution in [0.3, 0.4) is 0 Å². The van der Waals surface area contributed by atoms with Crippen LogP contribution in [-0.2, 0) is 0 Å². The number of hydrogen-bond acceptors (Lipinski definition) is 1. The fourth-order valence-electron chi connectivity index (χ4n) is 3.27. The Labute approximate surface area is 120 Å². The molecule has 0 saturated heterocycles.